The molecule has 0 nitrogen and oxygen atoms in total. The van der Waals surface area contributed by atoms with Gasteiger partial charge in [0.1, 0.15) is 0 Å². The highest BCUT2D eigenvalue weighted by Gasteiger charge is 2.21. The zero-order valence-electron chi connectivity index (χ0n) is 11.9. The first-order chi connectivity index (χ1) is 9.13. The average Bonchev–Trinajstić information content (AvgIpc) is 2.40. The van der Waals surface area contributed by atoms with Gasteiger partial charge in [-0.15, -0.1) is 0 Å². The molecule has 2 aromatic carbocycles. The van der Waals surface area contributed by atoms with Crippen molar-refractivity contribution in [1.29, 1.82) is 0 Å². The molecule has 0 amide bonds. The van der Waals surface area contributed by atoms with Crippen LogP contribution in [0, 0.1) is 13.8 Å². The predicted octanol–water partition coefficient (Wildman–Crippen LogP) is 5.93. The Hall–Kier alpha value is -1.08. The van der Waals surface area contributed by atoms with Crippen molar-refractivity contribution in [3.05, 3.63) is 70.8 Å². The maximum Gasteiger partial charge on any atom is 0.0466 e. The zero-order chi connectivity index (χ0) is 13.8. The van der Waals surface area contributed by atoms with E-state index in [2.05, 4.69) is 85.2 Å². The molecule has 19 heavy (non-hydrogen) atoms. The Bertz CT molecular complexity index is 531. The van der Waals surface area contributed by atoms with E-state index in [1.54, 1.807) is 0 Å². The van der Waals surface area contributed by atoms with Crippen LogP contribution >= 0.6 is 15.9 Å². The largest absolute Gasteiger partial charge is 0.0832 e. The van der Waals surface area contributed by atoms with Crippen LogP contribution in [0.15, 0.2) is 48.5 Å². The van der Waals surface area contributed by atoms with Gasteiger partial charge in [-0.25, -0.2) is 0 Å². The summed E-state index contributed by atoms with van der Waals surface area (Å²) in [5, 5.41) is 0. The molecule has 0 saturated heterocycles. The van der Waals surface area contributed by atoms with E-state index in [-0.39, 0.29) is 0 Å². The van der Waals surface area contributed by atoms with E-state index >= 15 is 0 Å². The summed E-state index contributed by atoms with van der Waals surface area (Å²) in [6, 6.07) is 17.5. The fourth-order valence-corrected chi connectivity index (χ4v) is 3.86. The molecule has 0 saturated carbocycles. The minimum atomic E-state index is 0.375. The van der Waals surface area contributed by atoms with Crippen LogP contribution in [0.2, 0.25) is 0 Å². The van der Waals surface area contributed by atoms with Crippen LogP contribution in [-0.2, 0) is 0 Å². The van der Waals surface area contributed by atoms with Crippen molar-refractivity contribution in [1.82, 2.24) is 0 Å². The van der Waals surface area contributed by atoms with Crippen molar-refractivity contribution in [2.24, 2.45) is 0 Å². The summed E-state index contributed by atoms with van der Waals surface area (Å²) in [7, 11) is 0. The molecule has 0 radical (unpaired) electrons. The Balaban J connectivity index is 2.33. The van der Waals surface area contributed by atoms with Gasteiger partial charge in [-0.05, 0) is 37.0 Å². The molecule has 0 aromatic heterocycles. The third kappa shape index (κ3) is 3.27. The summed E-state index contributed by atoms with van der Waals surface area (Å²) in [5.41, 5.74) is 5.51. The first-order valence-electron chi connectivity index (χ1n) is 6.89. The lowest BCUT2D eigenvalue weighted by Gasteiger charge is -2.24. The smallest absolute Gasteiger partial charge is 0.0466 e. The van der Waals surface area contributed by atoms with E-state index in [1.807, 2.05) is 0 Å². The number of hydrogen-bond donors (Lipinski definition) is 0. The van der Waals surface area contributed by atoms with Gasteiger partial charge in [-0.2, -0.15) is 0 Å². The van der Waals surface area contributed by atoms with Gasteiger partial charge in [-0.3, -0.25) is 0 Å². The summed E-state index contributed by atoms with van der Waals surface area (Å²) < 4.78 is 0. The van der Waals surface area contributed by atoms with Crippen molar-refractivity contribution >= 4 is 15.9 Å². The van der Waals surface area contributed by atoms with Crippen LogP contribution in [-0.4, -0.2) is 0 Å². The maximum absolute atomic E-state index is 3.92. The lowest BCUT2D eigenvalue weighted by atomic mass is 9.88. The van der Waals surface area contributed by atoms with Gasteiger partial charge in [-0.1, -0.05) is 76.9 Å². The van der Waals surface area contributed by atoms with Crippen LogP contribution in [0.4, 0.5) is 0 Å². The minimum Gasteiger partial charge on any atom is -0.0832 e. The van der Waals surface area contributed by atoms with Crippen LogP contribution in [0.3, 0.4) is 0 Å². The molecule has 0 spiro atoms. The minimum absolute atomic E-state index is 0.375. The molecule has 100 valence electrons. The first kappa shape index (κ1) is 14.3. The van der Waals surface area contributed by atoms with Gasteiger partial charge in [0.2, 0.25) is 0 Å². The second-order valence-electron chi connectivity index (χ2n) is 5.19. The summed E-state index contributed by atoms with van der Waals surface area (Å²) in [5.74, 6) is 0.516. The molecule has 0 heterocycles. The number of aryl methyl sites for hydroxylation is 2. The predicted molar refractivity (Wildman–Crippen MR) is 87.1 cm³/mol. The molecule has 0 fully saturated rings. The zero-order valence-corrected chi connectivity index (χ0v) is 13.4. The molecule has 0 bridgehead atoms. The quantitative estimate of drug-likeness (QED) is 0.613. The van der Waals surface area contributed by atoms with Crippen LogP contribution in [0.1, 0.15) is 46.3 Å². The van der Waals surface area contributed by atoms with Gasteiger partial charge in [0.05, 0.1) is 0 Å². The Labute approximate surface area is 125 Å². The SMILES string of the molecule is CCC(c1ccccc1)C(Br)c1ccc(C)cc1C. The fraction of sp³-hybridized carbons (Fsp3) is 0.333. The van der Waals surface area contributed by atoms with Gasteiger partial charge in [0.15, 0.2) is 0 Å². The fourth-order valence-electron chi connectivity index (χ4n) is 2.66. The third-order valence-corrected chi connectivity index (χ3v) is 4.87. The highest BCUT2D eigenvalue weighted by Crippen LogP contribution is 2.41. The highest BCUT2D eigenvalue weighted by molar-refractivity contribution is 9.09. The van der Waals surface area contributed by atoms with E-state index in [4.69, 9.17) is 0 Å². The molecule has 0 aliphatic rings. The van der Waals surface area contributed by atoms with E-state index < -0.39 is 0 Å². The molecule has 0 aliphatic carbocycles. The molecule has 2 unspecified atom stereocenters. The number of alkyl halides is 1. The van der Waals surface area contributed by atoms with Crippen LogP contribution in [0.25, 0.3) is 0 Å². The summed E-state index contributed by atoms with van der Waals surface area (Å²) in [6.45, 7) is 6.61. The van der Waals surface area contributed by atoms with E-state index in [9.17, 15) is 0 Å². The molecule has 0 N–H and O–H groups in total. The molecular weight excluding hydrogens is 296 g/mol. The Morgan fingerprint density at radius 3 is 2.26 bits per heavy atom. The van der Waals surface area contributed by atoms with Gasteiger partial charge in [0.25, 0.3) is 0 Å². The normalized spacial score (nSPS) is 14.1. The monoisotopic (exact) mass is 316 g/mol. The maximum atomic E-state index is 3.92. The molecule has 0 aliphatic heterocycles. The molecule has 2 atom stereocenters. The summed E-state index contributed by atoms with van der Waals surface area (Å²) in [4.78, 5) is 0.375. The van der Waals surface area contributed by atoms with E-state index in [1.165, 1.54) is 22.3 Å². The van der Waals surface area contributed by atoms with Crippen molar-refractivity contribution < 1.29 is 0 Å². The second-order valence-corrected chi connectivity index (χ2v) is 6.17. The van der Waals surface area contributed by atoms with Crippen molar-refractivity contribution in [2.75, 3.05) is 0 Å². The van der Waals surface area contributed by atoms with Crippen molar-refractivity contribution in [2.45, 2.75) is 37.9 Å². The van der Waals surface area contributed by atoms with Crippen LogP contribution in [0.5, 0.6) is 0 Å². The Morgan fingerprint density at radius 1 is 1.00 bits per heavy atom. The lowest BCUT2D eigenvalue weighted by molar-refractivity contribution is 0.653. The third-order valence-electron chi connectivity index (χ3n) is 3.74. The van der Waals surface area contributed by atoms with E-state index in [0.717, 1.165) is 6.42 Å². The van der Waals surface area contributed by atoms with Gasteiger partial charge < -0.3 is 0 Å². The van der Waals surface area contributed by atoms with Gasteiger partial charge in [0, 0.05) is 10.7 Å². The van der Waals surface area contributed by atoms with Crippen molar-refractivity contribution in [3.63, 3.8) is 0 Å². The average molecular weight is 317 g/mol. The number of hydrogen-bond acceptors (Lipinski definition) is 0. The lowest BCUT2D eigenvalue weighted by Crippen LogP contribution is -2.06. The highest BCUT2D eigenvalue weighted by atomic mass is 79.9. The molecular formula is C18H21Br. The van der Waals surface area contributed by atoms with E-state index in [0.29, 0.717) is 10.7 Å². The second kappa shape index (κ2) is 6.38. The molecule has 2 aromatic rings. The number of rotatable bonds is 4. The standard InChI is InChI=1S/C18H21Br/c1-4-16(15-8-6-5-7-9-15)18(19)17-11-10-13(2)12-14(17)3/h5-12,16,18H,4H2,1-3H3. The van der Waals surface area contributed by atoms with Crippen molar-refractivity contribution in [3.8, 4) is 0 Å². The van der Waals surface area contributed by atoms with Crippen LogP contribution < -0.4 is 0 Å². The number of halogens is 1. The topological polar surface area (TPSA) is 0 Å². The molecule has 2 rings (SSSR count). The summed E-state index contributed by atoms with van der Waals surface area (Å²) >= 11 is 3.92. The Morgan fingerprint density at radius 2 is 1.68 bits per heavy atom. The van der Waals surface area contributed by atoms with Gasteiger partial charge >= 0.3 is 0 Å². The number of benzene rings is 2. The first-order valence-corrected chi connectivity index (χ1v) is 7.81. The molecule has 1 heteroatoms. The summed E-state index contributed by atoms with van der Waals surface area (Å²) in [6.07, 6.45) is 1.13. The Kier molecular flexibility index (Phi) is 4.81.